The SMILES string of the molecule is COc1ccc(S(=O)(=O)Nc2nc(C)co2)cc1N. The summed E-state index contributed by atoms with van der Waals surface area (Å²) in [4.78, 5) is 3.87. The van der Waals surface area contributed by atoms with Gasteiger partial charge in [0.1, 0.15) is 12.0 Å². The van der Waals surface area contributed by atoms with Crippen LogP contribution in [0.4, 0.5) is 11.7 Å². The molecule has 0 amide bonds. The molecule has 0 fully saturated rings. The van der Waals surface area contributed by atoms with E-state index in [0.29, 0.717) is 11.4 Å². The molecule has 102 valence electrons. The molecule has 1 aromatic heterocycles. The summed E-state index contributed by atoms with van der Waals surface area (Å²) in [5, 5.41) is 0. The van der Waals surface area contributed by atoms with Gasteiger partial charge in [-0.15, -0.1) is 0 Å². The normalized spacial score (nSPS) is 11.3. The highest BCUT2D eigenvalue weighted by Crippen LogP contribution is 2.25. The molecule has 0 aliphatic heterocycles. The molecule has 2 rings (SSSR count). The van der Waals surface area contributed by atoms with E-state index in [1.807, 2.05) is 0 Å². The molecule has 3 N–H and O–H groups in total. The van der Waals surface area contributed by atoms with Gasteiger partial charge in [0.05, 0.1) is 23.4 Å². The van der Waals surface area contributed by atoms with E-state index in [2.05, 4.69) is 9.71 Å². The standard InChI is InChI=1S/C11H13N3O4S/c1-7-6-18-11(13-7)14-19(15,16)8-3-4-10(17-2)9(12)5-8/h3-6H,12H2,1-2H3,(H,13,14). The molecule has 19 heavy (non-hydrogen) atoms. The van der Waals surface area contributed by atoms with Gasteiger partial charge in [0.2, 0.25) is 0 Å². The number of benzene rings is 1. The van der Waals surface area contributed by atoms with Crippen molar-refractivity contribution in [2.45, 2.75) is 11.8 Å². The molecule has 0 bridgehead atoms. The smallest absolute Gasteiger partial charge is 0.309 e. The minimum atomic E-state index is -3.79. The summed E-state index contributed by atoms with van der Waals surface area (Å²) in [5.74, 6) is 0.408. The number of nitrogen functional groups attached to an aromatic ring is 1. The Morgan fingerprint density at radius 2 is 2.16 bits per heavy atom. The van der Waals surface area contributed by atoms with Crippen LogP contribution in [-0.2, 0) is 10.0 Å². The first kappa shape index (κ1) is 13.2. The fraction of sp³-hybridized carbons (Fsp3) is 0.182. The number of sulfonamides is 1. The van der Waals surface area contributed by atoms with Crippen LogP contribution in [0.15, 0.2) is 33.8 Å². The number of aromatic nitrogens is 1. The summed E-state index contributed by atoms with van der Waals surface area (Å²) in [6.07, 6.45) is 1.35. The molecule has 0 radical (unpaired) electrons. The highest BCUT2D eigenvalue weighted by molar-refractivity contribution is 7.92. The lowest BCUT2D eigenvalue weighted by molar-refractivity contribution is 0.416. The van der Waals surface area contributed by atoms with Gasteiger partial charge in [0.15, 0.2) is 0 Å². The van der Waals surface area contributed by atoms with Crippen molar-refractivity contribution in [2.75, 3.05) is 17.6 Å². The Bertz CT molecular complexity index is 694. The fourth-order valence-electron chi connectivity index (χ4n) is 1.45. The fourth-order valence-corrected chi connectivity index (χ4v) is 2.43. The second-order valence-corrected chi connectivity index (χ2v) is 5.49. The van der Waals surface area contributed by atoms with E-state index >= 15 is 0 Å². The predicted molar refractivity (Wildman–Crippen MR) is 69.5 cm³/mol. The van der Waals surface area contributed by atoms with Crippen LogP contribution < -0.4 is 15.2 Å². The monoisotopic (exact) mass is 283 g/mol. The first-order valence-electron chi connectivity index (χ1n) is 5.31. The number of hydrogen-bond acceptors (Lipinski definition) is 6. The molecule has 2 aromatic rings. The lowest BCUT2D eigenvalue weighted by Crippen LogP contribution is -2.13. The molecule has 0 aliphatic carbocycles. The third-order valence-corrected chi connectivity index (χ3v) is 3.67. The second kappa shape index (κ2) is 4.81. The van der Waals surface area contributed by atoms with Crippen molar-refractivity contribution in [1.29, 1.82) is 0 Å². The van der Waals surface area contributed by atoms with E-state index in [1.165, 1.54) is 31.6 Å². The summed E-state index contributed by atoms with van der Waals surface area (Å²) in [6.45, 7) is 1.69. The molecule has 0 aliphatic rings. The summed E-state index contributed by atoms with van der Waals surface area (Å²) >= 11 is 0. The Balaban J connectivity index is 2.31. The Labute approximate surface area is 110 Å². The summed E-state index contributed by atoms with van der Waals surface area (Å²) in [5.41, 5.74) is 6.48. The van der Waals surface area contributed by atoms with E-state index in [1.54, 1.807) is 6.92 Å². The van der Waals surface area contributed by atoms with Crippen molar-refractivity contribution in [3.05, 3.63) is 30.2 Å². The minimum absolute atomic E-state index is 0.00153. The quantitative estimate of drug-likeness (QED) is 0.821. The van der Waals surface area contributed by atoms with Crippen LogP contribution in [-0.4, -0.2) is 20.5 Å². The third kappa shape index (κ3) is 2.79. The maximum absolute atomic E-state index is 12.1. The van der Waals surface area contributed by atoms with Crippen molar-refractivity contribution in [2.24, 2.45) is 0 Å². The number of rotatable bonds is 4. The molecule has 1 heterocycles. The number of hydrogen-bond donors (Lipinski definition) is 2. The highest BCUT2D eigenvalue weighted by Gasteiger charge is 2.18. The number of nitrogens with one attached hydrogen (secondary N) is 1. The van der Waals surface area contributed by atoms with Crippen molar-refractivity contribution >= 4 is 21.7 Å². The van der Waals surface area contributed by atoms with Gasteiger partial charge in [-0.05, 0) is 25.1 Å². The molecule has 0 atom stereocenters. The molecular weight excluding hydrogens is 270 g/mol. The molecule has 0 saturated carbocycles. The lowest BCUT2D eigenvalue weighted by atomic mass is 10.3. The number of aryl methyl sites for hydroxylation is 1. The number of nitrogens with two attached hydrogens (primary N) is 1. The van der Waals surface area contributed by atoms with Crippen LogP contribution in [0.2, 0.25) is 0 Å². The zero-order valence-electron chi connectivity index (χ0n) is 10.4. The maximum atomic E-state index is 12.1. The van der Waals surface area contributed by atoms with Gasteiger partial charge in [-0.1, -0.05) is 0 Å². The van der Waals surface area contributed by atoms with Gasteiger partial charge >= 0.3 is 6.01 Å². The molecule has 0 saturated heterocycles. The maximum Gasteiger partial charge on any atom is 0.309 e. The number of nitrogens with zero attached hydrogens (tertiary/aromatic N) is 1. The van der Waals surface area contributed by atoms with Crippen LogP contribution in [0.3, 0.4) is 0 Å². The largest absolute Gasteiger partial charge is 0.495 e. The van der Waals surface area contributed by atoms with Crippen molar-refractivity contribution in [1.82, 2.24) is 4.98 Å². The van der Waals surface area contributed by atoms with Gasteiger partial charge in [0.25, 0.3) is 10.0 Å². The highest BCUT2D eigenvalue weighted by atomic mass is 32.2. The van der Waals surface area contributed by atoms with E-state index in [9.17, 15) is 8.42 Å². The topological polar surface area (TPSA) is 107 Å². The van der Waals surface area contributed by atoms with Gasteiger partial charge in [0, 0.05) is 0 Å². The Hall–Kier alpha value is -2.22. The van der Waals surface area contributed by atoms with E-state index < -0.39 is 10.0 Å². The molecule has 8 heteroatoms. The number of methoxy groups -OCH3 is 1. The average molecular weight is 283 g/mol. The van der Waals surface area contributed by atoms with E-state index in [4.69, 9.17) is 14.9 Å². The molecule has 7 nitrogen and oxygen atoms in total. The molecule has 0 unspecified atom stereocenters. The number of oxazole rings is 1. The van der Waals surface area contributed by atoms with Crippen molar-refractivity contribution < 1.29 is 17.6 Å². The van der Waals surface area contributed by atoms with Crippen LogP contribution in [0, 0.1) is 6.92 Å². The predicted octanol–water partition coefficient (Wildman–Crippen LogP) is 1.37. The zero-order chi connectivity index (χ0) is 14.0. The van der Waals surface area contributed by atoms with Crippen molar-refractivity contribution in [3.63, 3.8) is 0 Å². The van der Waals surface area contributed by atoms with E-state index in [-0.39, 0.29) is 16.6 Å². The van der Waals surface area contributed by atoms with Crippen LogP contribution in [0.25, 0.3) is 0 Å². The minimum Gasteiger partial charge on any atom is -0.495 e. The van der Waals surface area contributed by atoms with E-state index in [0.717, 1.165) is 0 Å². The van der Waals surface area contributed by atoms with Gasteiger partial charge in [-0.2, -0.15) is 4.98 Å². The summed E-state index contributed by atoms with van der Waals surface area (Å²) < 4.78 is 36.2. The second-order valence-electron chi connectivity index (χ2n) is 3.80. The van der Waals surface area contributed by atoms with Gasteiger partial charge in [-0.25, -0.2) is 13.1 Å². The van der Waals surface area contributed by atoms with Gasteiger partial charge in [-0.3, -0.25) is 0 Å². The molecule has 0 spiro atoms. The molecule has 1 aromatic carbocycles. The summed E-state index contributed by atoms with van der Waals surface area (Å²) in [7, 11) is -2.34. The Morgan fingerprint density at radius 1 is 1.42 bits per heavy atom. The Morgan fingerprint density at radius 3 is 2.68 bits per heavy atom. The van der Waals surface area contributed by atoms with Crippen LogP contribution in [0.1, 0.15) is 5.69 Å². The first-order valence-corrected chi connectivity index (χ1v) is 6.79. The number of ether oxygens (including phenoxy) is 1. The van der Waals surface area contributed by atoms with Gasteiger partial charge < -0.3 is 14.9 Å². The average Bonchev–Trinajstić information content (AvgIpc) is 2.73. The Kier molecular flexibility index (Phi) is 3.34. The summed E-state index contributed by atoms with van der Waals surface area (Å²) in [6, 6.07) is 4.07. The third-order valence-electron chi connectivity index (χ3n) is 2.35. The lowest BCUT2D eigenvalue weighted by Gasteiger charge is -2.08. The van der Waals surface area contributed by atoms with Crippen LogP contribution in [0.5, 0.6) is 5.75 Å². The van der Waals surface area contributed by atoms with Crippen LogP contribution >= 0.6 is 0 Å². The zero-order valence-corrected chi connectivity index (χ0v) is 11.2. The van der Waals surface area contributed by atoms with Crippen molar-refractivity contribution in [3.8, 4) is 5.75 Å². The first-order chi connectivity index (χ1) is 8.92. The molecular formula is C11H13N3O4S. The number of anilines is 2.